The fourth-order valence-electron chi connectivity index (χ4n) is 3.13. The minimum absolute atomic E-state index is 0.000328. The van der Waals surface area contributed by atoms with E-state index in [4.69, 9.17) is 5.73 Å². The van der Waals surface area contributed by atoms with Crippen molar-refractivity contribution in [1.29, 1.82) is 0 Å². The Morgan fingerprint density at radius 2 is 2.30 bits per heavy atom. The zero-order valence-corrected chi connectivity index (χ0v) is 14.4. The second kappa shape index (κ2) is 6.80. The lowest BCUT2D eigenvalue weighted by Gasteiger charge is -2.33. The fraction of sp³-hybridized carbons (Fsp3) is 0.562. The van der Waals surface area contributed by atoms with Gasteiger partial charge in [0.05, 0.1) is 11.3 Å². The number of thiophene rings is 1. The summed E-state index contributed by atoms with van der Waals surface area (Å²) in [7, 11) is 0. The first-order valence-electron chi connectivity index (χ1n) is 8.05. The quantitative estimate of drug-likeness (QED) is 0.888. The number of fused-ring (bicyclic) bond motifs is 1. The summed E-state index contributed by atoms with van der Waals surface area (Å²) in [5, 5.41) is 4.04. The van der Waals surface area contributed by atoms with Gasteiger partial charge in [-0.05, 0) is 32.3 Å². The maximum Gasteiger partial charge on any atom is 0.224 e. The minimum atomic E-state index is 0.000328. The van der Waals surface area contributed by atoms with Crippen LogP contribution >= 0.6 is 11.3 Å². The number of hydrogen-bond donors (Lipinski definition) is 2. The van der Waals surface area contributed by atoms with Gasteiger partial charge in [0.2, 0.25) is 5.91 Å². The SMILES string of the molecule is Cc1sc2ncnc(N3CCCC(C(=O)NCCN)C3)c2c1C. The van der Waals surface area contributed by atoms with Gasteiger partial charge in [0.1, 0.15) is 17.0 Å². The number of aryl methyl sites for hydroxylation is 2. The van der Waals surface area contributed by atoms with Gasteiger partial charge in [-0.2, -0.15) is 0 Å². The predicted octanol–water partition coefficient (Wildman–Crippen LogP) is 1.60. The number of carbonyl (C=O) groups is 1. The Balaban J connectivity index is 1.85. The number of hydrogen-bond acceptors (Lipinski definition) is 6. The van der Waals surface area contributed by atoms with Crippen molar-refractivity contribution in [3.63, 3.8) is 0 Å². The molecule has 0 aromatic carbocycles. The molecule has 0 bridgehead atoms. The normalized spacial score (nSPS) is 18.4. The molecule has 23 heavy (non-hydrogen) atoms. The lowest BCUT2D eigenvalue weighted by atomic mass is 9.97. The van der Waals surface area contributed by atoms with Crippen molar-refractivity contribution in [3.05, 3.63) is 16.8 Å². The van der Waals surface area contributed by atoms with E-state index in [9.17, 15) is 4.79 Å². The summed E-state index contributed by atoms with van der Waals surface area (Å²) in [5.74, 6) is 1.07. The Morgan fingerprint density at radius 1 is 1.48 bits per heavy atom. The van der Waals surface area contributed by atoms with Crippen LogP contribution in [0.5, 0.6) is 0 Å². The Hall–Kier alpha value is -1.73. The number of piperidine rings is 1. The molecule has 7 heteroatoms. The molecule has 3 rings (SSSR count). The van der Waals surface area contributed by atoms with Crippen molar-refractivity contribution in [2.75, 3.05) is 31.1 Å². The molecule has 6 nitrogen and oxygen atoms in total. The van der Waals surface area contributed by atoms with Gasteiger partial charge < -0.3 is 16.0 Å². The average molecular weight is 333 g/mol. The van der Waals surface area contributed by atoms with Crippen LogP contribution in [0.4, 0.5) is 5.82 Å². The zero-order chi connectivity index (χ0) is 16.4. The highest BCUT2D eigenvalue weighted by Gasteiger charge is 2.28. The van der Waals surface area contributed by atoms with Crippen molar-refractivity contribution >= 4 is 33.3 Å². The molecule has 1 unspecified atom stereocenters. The first kappa shape index (κ1) is 16.1. The third kappa shape index (κ3) is 3.16. The number of nitrogens with one attached hydrogen (secondary N) is 1. The van der Waals surface area contributed by atoms with E-state index in [0.29, 0.717) is 19.6 Å². The predicted molar refractivity (Wildman–Crippen MR) is 93.9 cm³/mol. The van der Waals surface area contributed by atoms with Crippen LogP contribution in [0.2, 0.25) is 0 Å². The van der Waals surface area contributed by atoms with E-state index in [1.54, 1.807) is 17.7 Å². The highest BCUT2D eigenvalue weighted by atomic mass is 32.1. The molecule has 1 saturated heterocycles. The van der Waals surface area contributed by atoms with Gasteiger partial charge in [-0.1, -0.05) is 0 Å². The van der Waals surface area contributed by atoms with E-state index in [-0.39, 0.29) is 11.8 Å². The van der Waals surface area contributed by atoms with E-state index >= 15 is 0 Å². The Labute approximate surface area is 140 Å². The second-order valence-electron chi connectivity index (χ2n) is 6.03. The summed E-state index contributed by atoms with van der Waals surface area (Å²) in [6, 6.07) is 0. The fourth-order valence-corrected chi connectivity index (χ4v) is 4.12. The van der Waals surface area contributed by atoms with Crippen molar-refractivity contribution in [3.8, 4) is 0 Å². The second-order valence-corrected chi connectivity index (χ2v) is 7.23. The minimum Gasteiger partial charge on any atom is -0.355 e. The van der Waals surface area contributed by atoms with Crippen LogP contribution in [0.25, 0.3) is 10.2 Å². The Morgan fingerprint density at radius 3 is 3.09 bits per heavy atom. The van der Waals surface area contributed by atoms with Crippen LogP contribution in [0, 0.1) is 19.8 Å². The molecule has 0 radical (unpaired) electrons. The van der Waals surface area contributed by atoms with Crippen LogP contribution in [0.15, 0.2) is 6.33 Å². The van der Waals surface area contributed by atoms with Gasteiger partial charge in [0.25, 0.3) is 0 Å². The van der Waals surface area contributed by atoms with E-state index in [2.05, 4.69) is 34.0 Å². The Kier molecular flexibility index (Phi) is 4.77. The summed E-state index contributed by atoms with van der Waals surface area (Å²) < 4.78 is 0. The molecule has 0 aliphatic carbocycles. The van der Waals surface area contributed by atoms with Gasteiger partial charge in [0.15, 0.2) is 0 Å². The van der Waals surface area contributed by atoms with Gasteiger partial charge in [-0.15, -0.1) is 11.3 Å². The molecule has 124 valence electrons. The molecule has 1 aliphatic rings. The molecule has 3 heterocycles. The maximum absolute atomic E-state index is 12.2. The standard InChI is InChI=1S/C16H23N5OS/c1-10-11(2)23-16-13(10)14(19-9-20-16)21-7-3-4-12(8-21)15(22)18-6-5-17/h9,12H,3-8,17H2,1-2H3,(H,18,22). The first-order valence-corrected chi connectivity index (χ1v) is 8.87. The molecule has 0 spiro atoms. The number of aromatic nitrogens is 2. The van der Waals surface area contributed by atoms with Gasteiger partial charge in [0, 0.05) is 31.1 Å². The topological polar surface area (TPSA) is 84.1 Å². The average Bonchev–Trinajstić information content (AvgIpc) is 2.87. The van der Waals surface area contributed by atoms with E-state index in [0.717, 1.165) is 35.4 Å². The Bertz CT molecular complexity index is 714. The van der Waals surface area contributed by atoms with Crippen molar-refractivity contribution in [2.45, 2.75) is 26.7 Å². The number of amides is 1. The van der Waals surface area contributed by atoms with E-state index < -0.39 is 0 Å². The van der Waals surface area contributed by atoms with Crippen LogP contribution < -0.4 is 16.0 Å². The van der Waals surface area contributed by atoms with Crippen LogP contribution in [-0.4, -0.2) is 42.1 Å². The summed E-state index contributed by atoms with van der Waals surface area (Å²) >= 11 is 1.70. The number of rotatable bonds is 4. The van der Waals surface area contributed by atoms with Crippen LogP contribution in [0.1, 0.15) is 23.3 Å². The molecule has 2 aromatic rings. The summed E-state index contributed by atoms with van der Waals surface area (Å²) in [6.07, 6.45) is 3.54. The lowest BCUT2D eigenvalue weighted by molar-refractivity contribution is -0.125. The molecule has 2 aromatic heterocycles. The van der Waals surface area contributed by atoms with Crippen LogP contribution in [-0.2, 0) is 4.79 Å². The summed E-state index contributed by atoms with van der Waals surface area (Å²) in [5.41, 5.74) is 6.71. The van der Waals surface area contributed by atoms with Gasteiger partial charge in [-0.25, -0.2) is 9.97 Å². The lowest BCUT2D eigenvalue weighted by Crippen LogP contribution is -2.44. The molecule has 1 atom stereocenters. The van der Waals surface area contributed by atoms with E-state index in [1.165, 1.54) is 10.4 Å². The summed E-state index contributed by atoms with van der Waals surface area (Å²) in [4.78, 5) is 25.7. The molecular weight excluding hydrogens is 310 g/mol. The van der Waals surface area contributed by atoms with Crippen molar-refractivity contribution < 1.29 is 4.79 Å². The molecule has 1 aliphatic heterocycles. The molecule has 3 N–H and O–H groups in total. The number of nitrogens with two attached hydrogens (primary N) is 1. The first-order chi connectivity index (χ1) is 11.1. The number of nitrogens with zero attached hydrogens (tertiary/aromatic N) is 3. The van der Waals surface area contributed by atoms with E-state index in [1.807, 2.05) is 0 Å². The molecule has 1 amide bonds. The molecule has 0 saturated carbocycles. The highest BCUT2D eigenvalue weighted by molar-refractivity contribution is 7.18. The smallest absolute Gasteiger partial charge is 0.224 e. The van der Waals surface area contributed by atoms with Crippen molar-refractivity contribution in [1.82, 2.24) is 15.3 Å². The zero-order valence-electron chi connectivity index (χ0n) is 13.6. The maximum atomic E-state index is 12.2. The molecule has 1 fully saturated rings. The third-order valence-electron chi connectivity index (χ3n) is 4.48. The number of carbonyl (C=O) groups excluding carboxylic acids is 1. The molecular formula is C16H23N5OS. The largest absolute Gasteiger partial charge is 0.355 e. The summed E-state index contributed by atoms with van der Waals surface area (Å²) in [6.45, 7) is 6.89. The highest BCUT2D eigenvalue weighted by Crippen LogP contribution is 2.35. The number of anilines is 1. The van der Waals surface area contributed by atoms with Crippen molar-refractivity contribution in [2.24, 2.45) is 11.7 Å². The monoisotopic (exact) mass is 333 g/mol. The van der Waals surface area contributed by atoms with Crippen LogP contribution in [0.3, 0.4) is 0 Å². The third-order valence-corrected chi connectivity index (χ3v) is 5.60. The van der Waals surface area contributed by atoms with Gasteiger partial charge >= 0.3 is 0 Å². The van der Waals surface area contributed by atoms with Gasteiger partial charge in [-0.3, -0.25) is 4.79 Å².